The summed E-state index contributed by atoms with van der Waals surface area (Å²) in [5.41, 5.74) is 1.23. The van der Waals surface area contributed by atoms with E-state index in [4.69, 9.17) is 9.57 Å². The van der Waals surface area contributed by atoms with Crippen molar-refractivity contribution in [3.05, 3.63) is 66.2 Å². The van der Waals surface area contributed by atoms with E-state index in [1.165, 1.54) is 12.1 Å². The number of sulfone groups is 1. The molecule has 0 bridgehead atoms. The molecule has 170 valence electrons. The van der Waals surface area contributed by atoms with Crippen LogP contribution in [0.3, 0.4) is 0 Å². The normalized spacial score (nSPS) is 18.9. The fourth-order valence-corrected chi connectivity index (χ4v) is 5.29. The maximum atomic E-state index is 13.1. The summed E-state index contributed by atoms with van der Waals surface area (Å²) in [7, 11) is -3.32. The molecule has 1 N–H and O–H groups in total. The number of carbonyl (C=O) groups excluding carboxylic acids is 1. The Morgan fingerprint density at radius 3 is 2.55 bits per heavy atom. The van der Waals surface area contributed by atoms with Crippen LogP contribution in [0.25, 0.3) is 10.9 Å². The molecule has 3 aromatic rings. The van der Waals surface area contributed by atoms with Gasteiger partial charge in [0.15, 0.2) is 21.7 Å². The van der Waals surface area contributed by atoms with Crippen LogP contribution in [-0.2, 0) is 24.2 Å². The second-order valence-electron chi connectivity index (χ2n) is 8.14. The Morgan fingerprint density at radius 1 is 1.03 bits per heavy atom. The lowest BCUT2D eigenvalue weighted by Gasteiger charge is -2.11. The lowest BCUT2D eigenvalue weighted by molar-refractivity contribution is -0.110. The van der Waals surface area contributed by atoms with E-state index >= 15 is 0 Å². The number of aromatic nitrogens is 1. The van der Waals surface area contributed by atoms with Crippen molar-refractivity contribution in [2.75, 3.05) is 18.5 Å². The molecule has 0 radical (unpaired) electrons. The number of pyridine rings is 1. The summed E-state index contributed by atoms with van der Waals surface area (Å²) in [5, 5.41) is 7.55. The third-order valence-electron chi connectivity index (χ3n) is 5.66. The van der Waals surface area contributed by atoms with E-state index in [0.29, 0.717) is 43.9 Å². The SMILES string of the molecule is O=C(Nc1ccc2ccccc2n1)/C(=N/O[C@@H]1CCOC1)c1ccc(S(=O)(=O)C2CC2)cc1. The zero-order valence-corrected chi connectivity index (χ0v) is 18.6. The second-order valence-corrected chi connectivity index (χ2v) is 10.4. The molecule has 1 saturated heterocycles. The Morgan fingerprint density at radius 2 is 1.82 bits per heavy atom. The number of rotatable bonds is 7. The lowest BCUT2D eigenvalue weighted by atomic mass is 10.1. The molecule has 0 spiro atoms. The molecule has 1 atom stereocenters. The molecule has 8 nitrogen and oxygen atoms in total. The fraction of sp³-hybridized carbons (Fsp3) is 0.292. The first-order chi connectivity index (χ1) is 16.0. The number of nitrogens with one attached hydrogen (secondary N) is 1. The van der Waals surface area contributed by atoms with Crippen molar-refractivity contribution >= 4 is 38.2 Å². The monoisotopic (exact) mass is 465 g/mol. The van der Waals surface area contributed by atoms with Crippen LogP contribution in [0.15, 0.2) is 70.7 Å². The standard InChI is InChI=1S/C24H23N3O5S/c28-24(26-22-12-7-16-3-1-2-4-21(16)25-22)23(27-32-18-13-14-31-15-18)17-5-8-19(9-6-17)33(29,30)20-10-11-20/h1-9,12,18,20H,10-11,13-15H2,(H,25,26,28)/b27-23+/t18-/m1/s1. The summed E-state index contributed by atoms with van der Waals surface area (Å²) in [6, 6.07) is 17.4. The molecule has 0 unspecified atom stereocenters. The minimum Gasteiger partial charge on any atom is -0.389 e. The van der Waals surface area contributed by atoms with Gasteiger partial charge >= 0.3 is 0 Å². The number of carbonyl (C=O) groups is 1. The van der Waals surface area contributed by atoms with Gasteiger partial charge in [0.05, 0.1) is 28.9 Å². The minimum absolute atomic E-state index is 0.0345. The van der Waals surface area contributed by atoms with Gasteiger partial charge in [0.1, 0.15) is 5.82 Å². The largest absolute Gasteiger partial charge is 0.389 e. The zero-order valence-electron chi connectivity index (χ0n) is 17.8. The molecule has 2 fully saturated rings. The topological polar surface area (TPSA) is 107 Å². The van der Waals surface area contributed by atoms with Gasteiger partial charge in [-0.15, -0.1) is 0 Å². The van der Waals surface area contributed by atoms with Crippen LogP contribution >= 0.6 is 0 Å². The molecule has 1 aliphatic carbocycles. The summed E-state index contributed by atoms with van der Waals surface area (Å²) in [4.78, 5) is 23.4. The van der Waals surface area contributed by atoms with Gasteiger partial charge in [-0.1, -0.05) is 35.5 Å². The average molecular weight is 466 g/mol. The summed E-state index contributed by atoms with van der Waals surface area (Å²) >= 11 is 0. The van der Waals surface area contributed by atoms with E-state index in [1.54, 1.807) is 18.2 Å². The highest BCUT2D eigenvalue weighted by atomic mass is 32.2. The third-order valence-corrected chi connectivity index (χ3v) is 7.93. The summed E-state index contributed by atoms with van der Waals surface area (Å²) < 4.78 is 30.3. The predicted octanol–water partition coefficient (Wildman–Crippen LogP) is 3.32. The molecule has 9 heteroatoms. The van der Waals surface area contributed by atoms with E-state index < -0.39 is 15.7 Å². The van der Waals surface area contributed by atoms with Crippen molar-refractivity contribution in [1.82, 2.24) is 4.98 Å². The first-order valence-electron chi connectivity index (χ1n) is 10.8. The van der Waals surface area contributed by atoms with Gasteiger partial charge in [-0.3, -0.25) is 4.79 Å². The molecule has 1 amide bonds. The third kappa shape index (κ3) is 4.74. The summed E-state index contributed by atoms with van der Waals surface area (Å²) in [5.74, 6) is -0.127. The van der Waals surface area contributed by atoms with Crippen molar-refractivity contribution in [2.45, 2.75) is 35.5 Å². The summed E-state index contributed by atoms with van der Waals surface area (Å²) in [6.07, 6.45) is 1.83. The first kappa shape index (κ1) is 21.5. The van der Waals surface area contributed by atoms with E-state index in [1.807, 2.05) is 30.3 Å². The molecular formula is C24H23N3O5S. The van der Waals surface area contributed by atoms with Gasteiger partial charge in [0, 0.05) is 17.4 Å². The van der Waals surface area contributed by atoms with Gasteiger partial charge in [0.2, 0.25) is 0 Å². The number of anilines is 1. The molecule has 2 heterocycles. The van der Waals surface area contributed by atoms with Gasteiger partial charge in [0.25, 0.3) is 5.91 Å². The first-order valence-corrected chi connectivity index (χ1v) is 12.4. The van der Waals surface area contributed by atoms with Crippen LogP contribution in [0.5, 0.6) is 0 Å². The van der Waals surface area contributed by atoms with Gasteiger partial charge in [-0.05, 0) is 43.2 Å². The quantitative estimate of drug-likeness (QED) is 0.424. The Hall–Kier alpha value is -3.30. The maximum absolute atomic E-state index is 13.1. The summed E-state index contributed by atoms with van der Waals surface area (Å²) in [6.45, 7) is 0.986. The highest BCUT2D eigenvalue weighted by molar-refractivity contribution is 7.92. The second kappa shape index (κ2) is 8.92. The van der Waals surface area contributed by atoms with Crippen LogP contribution in [0.1, 0.15) is 24.8 Å². The number of oxime groups is 1. The number of para-hydroxylation sites is 1. The molecular weight excluding hydrogens is 442 g/mol. The fourth-order valence-electron chi connectivity index (χ4n) is 3.63. The minimum atomic E-state index is -3.32. The van der Waals surface area contributed by atoms with Crippen LogP contribution in [-0.4, -0.2) is 49.6 Å². The van der Waals surface area contributed by atoms with Crippen LogP contribution in [0.2, 0.25) is 0 Å². The Balaban J connectivity index is 1.41. The van der Waals surface area contributed by atoms with Crippen molar-refractivity contribution < 1.29 is 22.8 Å². The number of amides is 1. The van der Waals surface area contributed by atoms with Crippen LogP contribution in [0.4, 0.5) is 5.82 Å². The van der Waals surface area contributed by atoms with Gasteiger partial charge in [-0.25, -0.2) is 13.4 Å². The lowest BCUT2D eigenvalue weighted by Crippen LogP contribution is -2.25. The van der Waals surface area contributed by atoms with Gasteiger partial charge in [-0.2, -0.15) is 0 Å². The van der Waals surface area contributed by atoms with E-state index in [-0.39, 0.29) is 22.0 Å². The number of fused-ring (bicyclic) bond motifs is 1. The van der Waals surface area contributed by atoms with Crippen molar-refractivity contribution in [3.63, 3.8) is 0 Å². The molecule has 1 aromatic heterocycles. The molecule has 2 aliphatic rings. The maximum Gasteiger partial charge on any atom is 0.279 e. The van der Waals surface area contributed by atoms with E-state index in [9.17, 15) is 13.2 Å². The Kier molecular flexibility index (Phi) is 5.82. The van der Waals surface area contributed by atoms with Gasteiger partial charge < -0.3 is 14.9 Å². The number of ether oxygens (including phenoxy) is 1. The number of hydrogen-bond donors (Lipinski definition) is 1. The smallest absolute Gasteiger partial charge is 0.279 e. The van der Waals surface area contributed by atoms with Crippen LogP contribution < -0.4 is 5.32 Å². The van der Waals surface area contributed by atoms with Crippen LogP contribution in [0, 0.1) is 0 Å². The predicted molar refractivity (Wildman–Crippen MR) is 124 cm³/mol. The Labute approximate surface area is 191 Å². The number of benzene rings is 2. The average Bonchev–Trinajstić information content (AvgIpc) is 3.57. The molecule has 2 aromatic carbocycles. The molecule has 1 saturated carbocycles. The zero-order chi connectivity index (χ0) is 22.8. The van der Waals surface area contributed by atoms with Crippen molar-refractivity contribution in [2.24, 2.45) is 5.16 Å². The highest BCUT2D eigenvalue weighted by Gasteiger charge is 2.36. The van der Waals surface area contributed by atoms with E-state index in [2.05, 4.69) is 15.5 Å². The highest BCUT2D eigenvalue weighted by Crippen LogP contribution is 2.33. The number of nitrogens with zero attached hydrogens (tertiary/aromatic N) is 2. The number of hydrogen-bond acceptors (Lipinski definition) is 7. The molecule has 33 heavy (non-hydrogen) atoms. The van der Waals surface area contributed by atoms with Crippen molar-refractivity contribution in [3.8, 4) is 0 Å². The van der Waals surface area contributed by atoms with E-state index in [0.717, 1.165) is 10.9 Å². The molecule has 1 aliphatic heterocycles. The Bertz CT molecular complexity index is 1310. The molecule has 5 rings (SSSR count). The van der Waals surface area contributed by atoms with Crippen molar-refractivity contribution in [1.29, 1.82) is 0 Å².